The number of likely N-dealkylation sites (N-methyl/N-ethyl adjacent to an activating group) is 1. The van der Waals surface area contributed by atoms with Crippen LogP contribution in [0.4, 0.5) is 4.39 Å². The molecule has 0 spiro atoms. The van der Waals surface area contributed by atoms with Crippen LogP contribution in [-0.2, 0) is 11.3 Å². The van der Waals surface area contributed by atoms with Crippen molar-refractivity contribution in [2.75, 3.05) is 13.7 Å². The van der Waals surface area contributed by atoms with Crippen LogP contribution < -0.4 is 4.74 Å². The molecule has 0 aliphatic carbocycles. The highest BCUT2D eigenvalue weighted by molar-refractivity contribution is 5.77. The minimum absolute atomic E-state index is 0.156. The summed E-state index contributed by atoms with van der Waals surface area (Å²) >= 11 is 0. The van der Waals surface area contributed by atoms with Crippen molar-refractivity contribution in [3.8, 4) is 11.8 Å². The number of hydrogen-bond acceptors (Lipinski definition) is 3. The lowest BCUT2D eigenvalue weighted by atomic mass is 10.2. The van der Waals surface area contributed by atoms with Gasteiger partial charge in [0.1, 0.15) is 17.6 Å². The molecule has 4 nitrogen and oxygen atoms in total. The second kappa shape index (κ2) is 7.23. The van der Waals surface area contributed by atoms with E-state index in [1.54, 1.807) is 43.4 Å². The predicted molar refractivity (Wildman–Crippen MR) is 79.5 cm³/mol. The maximum absolute atomic E-state index is 12.8. The smallest absolute Gasteiger partial charge is 0.260 e. The molecule has 0 fully saturated rings. The van der Waals surface area contributed by atoms with Crippen molar-refractivity contribution in [2.45, 2.75) is 6.54 Å². The molecule has 0 saturated carbocycles. The Labute approximate surface area is 128 Å². The Morgan fingerprint density at radius 1 is 1.23 bits per heavy atom. The Balaban J connectivity index is 1.91. The largest absolute Gasteiger partial charge is 0.482 e. The van der Waals surface area contributed by atoms with Gasteiger partial charge in [-0.2, -0.15) is 5.26 Å². The summed E-state index contributed by atoms with van der Waals surface area (Å²) in [6, 6.07) is 14.7. The summed E-state index contributed by atoms with van der Waals surface area (Å²) in [6.07, 6.45) is 0. The Morgan fingerprint density at radius 3 is 2.59 bits per heavy atom. The van der Waals surface area contributed by atoms with E-state index in [9.17, 15) is 9.18 Å². The zero-order valence-corrected chi connectivity index (χ0v) is 12.1. The van der Waals surface area contributed by atoms with Crippen molar-refractivity contribution in [1.82, 2.24) is 4.90 Å². The summed E-state index contributed by atoms with van der Waals surface area (Å²) < 4.78 is 18.2. The van der Waals surface area contributed by atoms with Crippen LogP contribution in [0.2, 0.25) is 0 Å². The summed E-state index contributed by atoms with van der Waals surface area (Å²) in [5.41, 5.74) is 1.21. The number of halogens is 1. The molecule has 22 heavy (non-hydrogen) atoms. The maximum atomic E-state index is 12.8. The highest BCUT2D eigenvalue weighted by atomic mass is 19.1. The predicted octanol–water partition coefficient (Wildman–Crippen LogP) is 2.73. The molecule has 5 heteroatoms. The van der Waals surface area contributed by atoms with Crippen molar-refractivity contribution < 1.29 is 13.9 Å². The van der Waals surface area contributed by atoms with Gasteiger partial charge >= 0.3 is 0 Å². The normalized spacial score (nSPS) is 9.86. The van der Waals surface area contributed by atoms with Crippen molar-refractivity contribution >= 4 is 5.91 Å². The number of amides is 1. The molecule has 2 aromatic carbocycles. The summed E-state index contributed by atoms with van der Waals surface area (Å²) in [7, 11) is 1.64. The first-order chi connectivity index (χ1) is 10.6. The molecular weight excluding hydrogens is 283 g/mol. The topological polar surface area (TPSA) is 53.3 Å². The number of nitrogens with zero attached hydrogens (tertiary/aromatic N) is 2. The van der Waals surface area contributed by atoms with Gasteiger partial charge in [-0.05, 0) is 29.8 Å². The average Bonchev–Trinajstić information content (AvgIpc) is 2.54. The van der Waals surface area contributed by atoms with Gasteiger partial charge < -0.3 is 9.64 Å². The SMILES string of the molecule is CN(Cc1ccc(F)cc1)C(=O)COc1ccccc1C#N. The van der Waals surface area contributed by atoms with Gasteiger partial charge in [0.05, 0.1) is 5.56 Å². The molecule has 0 aliphatic rings. The Kier molecular flexibility index (Phi) is 5.10. The van der Waals surface area contributed by atoms with Crippen LogP contribution in [0.15, 0.2) is 48.5 Å². The number of nitriles is 1. The first-order valence-electron chi connectivity index (χ1n) is 6.70. The van der Waals surface area contributed by atoms with Crippen LogP contribution >= 0.6 is 0 Å². The van der Waals surface area contributed by atoms with Crippen molar-refractivity contribution in [2.24, 2.45) is 0 Å². The summed E-state index contributed by atoms with van der Waals surface area (Å²) in [6.45, 7) is 0.207. The monoisotopic (exact) mass is 298 g/mol. The molecule has 0 saturated heterocycles. The van der Waals surface area contributed by atoms with Crippen LogP contribution in [-0.4, -0.2) is 24.5 Å². The van der Waals surface area contributed by atoms with Gasteiger partial charge in [-0.1, -0.05) is 24.3 Å². The van der Waals surface area contributed by atoms with Crippen LogP contribution in [0.1, 0.15) is 11.1 Å². The van der Waals surface area contributed by atoms with Gasteiger partial charge in [0, 0.05) is 13.6 Å². The number of para-hydroxylation sites is 1. The number of carbonyl (C=O) groups is 1. The van der Waals surface area contributed by atoms with E-state index in [1.165, 1.54) is 17.0 Å². The lowest BCUT2D eigenvalue weighted by molar-refractivity contribution is -0.132. The highest BCUT2D eigenvalue weighted by Gasteiger charge is 2.11. The maximum Gasteiger partial charge on any atom is 0.260 e. The average molecular weight is 298 g/mol. The molecule has 0 heterocycles. The van der Waals surface area contributed by atoms with Crippen molar-refractivity contribution in [1.29, 1.82) is 5.26 Å². The Bertz CT molecular complexity index is 693. The van der Waals surface area contributed by atoms with Gasteiger partial charge in [0.15, 0.2) is 6.61 Å². The molecule has 0 atom stereocenters. The fraction of sp³-hybridized carbons (Fsp3) is 0.176. The lowest BCUT2D eigenvalue weighted by Crippen LogP contribution is -2.31. The quantitative estimate of drug-likeness (QED) is 0.853. The summed E-state index contributed by atoms with van der Waals surface area (Å²) in [4.78, 5) is 13.5. The molecular formula is C17H15FN2O2. The highest BCUT2D eigenvalue weighted by Crippen LogP contribution is 2.16. The standard InChI is InChI=1S/C17H15FN2O2/c1-20(11-13-6-8-15(18)9-7-13)17(21)12-22-16-5-3-2-4-14(16)10-19/h2-9H,11-12H2,1H3. The molecule has 0 radical (unpaired) electrons. The van der Waals surface area contributed by atoms with Crippen molar-refractivity contribution in [3.63, 3.8) is 0 Å². The summed E-state index contributed by atoms with van der Waals surface area (Å²) in [5, 5.41) is 8.95. The molecule has 1 amide bonds. The van der Waals surface area contributed by atoms with Crippen LogP contribution in [0.25, 0.3) is 0 Å². The minimum Gasteiger partial charge on any atom is -0.482 e. The molecule has 0 unspecified atom stereocenters. The third kappa shape index (κ3) is 4.06. The van der Waals surface area contributed by atoms with E-state index in [4.69, 9.17) is 10.00 Å². The van der Waals surface area contributed by atoms with Gasteiger partial charge in [-0.25, -0.2) is 4.39 Å². The van der Waals surface area contributed by atoms with E-state index in [0.717, 1.165) is 5.56 Å². The number of carbonyl (C=O) groups excluding carboxylic acids is 1. The molecule has 0 N–H and O–H groups in total. The van der Waals surface area contributed by atoms with E-state index in [-0.39, 0.29) is 18.3 Å². The third-order valence-corrected chi connectivity index (χ3v) is 3.12. The molecule has 0 aliphatic heterocycles. The molecule has 2 rings (SSSR count). The minimum atomic E-state index is -0.311. The summed E-state index contributed by atoms with van der Waals surface area (Å²) in [5.74, 6) is -0.153. The zero-order valence-electron chi connectivity index (χ0n) is 12.1. The van der Waals surface area contributed by atoms with Crippen LogP contribution in [0.3, 0.4) is 0 Å². The number of benzene rings is 2. The van der Waals surface area contributed by atoms with E-state index in [0.29, 0.717) is 17.9 Å². The van der Waals surface area contributed by atoms with Gasteiger partial charge in [0.2, 0.25) is 0 Å². The lowest BCUT2D eigenvalue weighted by Gasteiger charge is -2.17. The van der Waals surface area contributed by atoms with Gasteiger partial charge in [0.25, 0.3) is 5.91 Å². The van der Waals surface area contributed by atoms with E-state index in [1.807, 2.05) is 6.07 Å². The number of ether oxygens (including phenoxy) is 1. The first-order valence-corrected chi connectivity index (χ1v) is 6.70. The van der Waals surface area contributed by atoms with E-state index in [2.05, 4.69) is 0 Å². The third-order valence-electron chi connectivity index (χ3n) is 3.12. The fourth-order valence-corrected chi connectivity index (χ4v) is 1.89. The van der Waals surface area contributed by atoms with Crippen LogP contribution in [0, 0.1) is 17.1 Å². The first kappa shape index (κ1) is 15.5. The fourth-order valence-electron chi connectivity index (χ4n) is 1.89. The van der Waals surface area contributed by atoms with E-state index < -0.39 is 0 Å². The second-order valence-corrected chi connectivity index (χ2v) is 4.77. The van der Waals surface area contributed by atoms with Gasteiger partial charge in [-0.15, -0.1) is 0 Å². The Hall–Kier alpha value is -2.87. The molecule has 0 aromatic heterocycles. The number of rotatable bonds is 5. The second-order valence-electron chi connectivity index (χ2n) is 4.77. The van der Waals surface area contributed by atoms with Crippen LogP contribution in [0.5, 0.6) is 5.75 Å². The van der Waals surface area contributed by atoms with Crippen molar-refractivity contribution in [3.05, 3.63) is 65.5 Å². The van der Waals surface area contributed by atoms with Gasteiger partial charge in [-0.3, -0.25) is 4.79 Å². The van der Waals surface area contributed by atoms with E-state index >= 15 is 0 Å². The zero-order chi connectivity index (χ0) is 15.9. The molecule has 2 aromatic rings. The molecule has 0 bridgehead atoms. The number of hydrogen-bond donors (Lipinski definition) is 0. The Morgan fingerprint density at radius 2 is 1.91 bits per heavy atom. The molecule has 112 valence electrons.